The Bertz CT molecular complexity index is 1390. The molecule has 0 bridgehead atoms. The van der Waals surface area contributed by atoms with Crippen LogP contribution in [0.25, 0.3) is 0 Å². The van der Waals surface area contributed by atoms with E-state index in [1.807, 2.05) is 6.92 Å². The molecule has 0 saturated heterocycles. The summed E-state index contributed by atoms with van der Waals surface area (Å²) in [4.78, 5) is 27.4. The van der Waals surface area contributed by atoms with Crippen molar-refractivity contribution < 1.29 is 38.4 Å². The Morgan fingerprint density at radius 3 is 2.36 bits per heavy atom. The maximum Gasteiger partial charge on any atom is 0.306 e. The molecule has 1 amide bonds. The zero-order valence-corrected chi connectivity index (χ0v) is 23.1. The predicted molar refractivity (Wildman–Crippen MR) is 145 cm³/mol. The Morgan fingerprint density at radius 1 is 0.974 bits per heavy atom. The molecular weight excluding hydrogens is 526 g/mol. The van der Waals surface area contributed by atoms with Crippen molar-refractivity contribution in [1.29, 1.82) is 0 Å². The second-order valence-electron chi connectivity index (χ2n) is 8.95. The number of fused-ring (bicyclic) bond motifs is 1. The third kappa shape index (κ3) is 5.60. The smallest absolute Gasteiger partial charge is 0.306 e. The number of hydrogen-bond donors (Lipinski definition) is 1. The van der Waals surface area contributed by atoms with E-state index in [-0.39, 0.29) is 6.54 Å². The average molecular weight is 556 g/mol. The molecule has 0 aromatic heterocycles. The number of hydrogen-bond acceptors (Lipinski definition) is 7. The van der Waals surface area contributed by atoms with E-state index in [1.165, 1.54) is 26.2 Å². The van der Waals surface area contributed by atoms with Gasteiger partial charge in [0.1, 0.15) is 23.7 Å². The quantitative estimate of drug-likeness (QED) is 0.385. The van der Waals surface area contributed by atoms with Gasteiger partial charge < -0.3 is 33.7 Å². The van der Waals surface area contributed by atoms with Crippen LogP contribution in [0.15, 0.2) is 48.5 Å². The number of aliphatic carboxylic acids is 1. The molecule has 10 heteroatoms. The number of nitrogens with zero attached hydrogens (tertiary/aromatic N) is 1. The van der Waals surface area contributed by atoms with Gasteiger partial charge in [-0.15, -0.1) is 0 Å². The number of aryl methyl sites for hydroxylation is 1. The van der Waals surface area contributed by atoms with Crippen LogP contribution in [-0.4, -0.2) is 51.5 Å². The zero-order valence-electron chi connectivity index (χ0n) is 22.3. The Balaban J connectivity index is 1.95. The Morgan fingerprint density at radius 2 is 1.72 bits per heavy atom. The summed E-state index contributed by atoms with van der Waals surface area (Å²) in [6, 6.07) is 14.1. The van der Waals surface area contributed by atoms with E-state index in [0.29, 0.717) is 50.4 Å². The van der Waals surface area contributed by atoms with E-state index in [1.54, 1.807) is 55.6 Å². The van der Waals surface area contributed by atoms with Gasteiger partial charge >= 0.3 is 5.97 Å². The van der Waals surface area contributed by atoms with Gasteiger partial charge in [0.2, 0.25) is 0 Å². The van der Waals surface area contributed by atoms with Gasteiger partial charge in [-0.3, -0.25) is 9.59 Å². The highest BCUT2D eigenvalue weighted by Crippen LogP contribution is 2.46. The lowest BCUT2D eigenvalue weighted by molar-refractivity contribution is -0.147. The number of carboxylic acids is 1. The number of halogens is 1. The first-order valence-electron chi connectivity index (χ1n) is 12.1. The lowest BCUT2D eigenvalue weighted by atomic mass is 9.96. The maximum atomic E-state index is 14.0. The minimum absolute atomic E-state index is 0.0848. The molecule has 0 radical (unpaired) electrons. The van der Waals surface area contributed by atoms with Crippen molar-refractivity contribution in [2.75, 3.05) is 33.3 Å². The van der Waals surface area contributed by atoms with Crippen molar-refractivity contribution in [1.82, 2.24) is 0 Å². The number of carbonyl (C=O) groups excluding carboxylic acids is 1. The minimum Gasteiger partial charge on any atom is -0.497 e. The summed E-state index contributed by atoms with van der Waals surface area (Å²) in [5, 5.41) is 10.2. The number of ether oxygens (including phenoxy) is 5. The van der Waals surface area contributed by atoms with Crippen LogP contribution in [0.4, 0.5) is 5.69 Å². The summed E-state index contributed by atoms with van der Waals surface area (Å²) in [5.41, 5.74) is 3.10. The molecule has 39 heavy (non-hydrogen) atoms. The lowest BCUT2D eigenvalue weighted by Gasteiger charge is -2.26. The third-order valence-electron chi connectivity index (χ3n) is 6.62. The van der Waals surface area contributed by atoms with Gasteiger partial charge in [-0.1, -0.05) is 23.7 Å². The molecule has 3 aromatic rings. The van der Waals surface area contributed by atoms with Gasteiger partial charge in [0.25, 0.3) is 5.91 Å². The van der Waals surface area contributed by atoms with Gasteiger partial charge in [0, 0.05) is 27.8 Å². The largest absolute Gasteiger partial charge is 0.497 e. The van der Waals surface area contributed by atoms with E-state index in [4.69, 9.17) is 35.3 Å². The van der Waals surface area contributed by atoms with Crippen LogP contribution in [0.5, 0.6) is 23.0 Å². The first-order valence-corrected chi connectivity index (χ1v) is 12.5. The summed E-state index contributed by atoms with van der Waals surface area (Å²) in [6.45, 7) is 1.92. The van der Waals surface area contributed by atoms with Crippen LogP contribution >= 0.6 is 11.6 Å². The number of para-hydroxylation sites is 1. The van der Waals surface area contributed by atoms with Crippen LogP contribution in [-0.2, 0) is 20.9 Å². The van der Waals surface area contributed by atoms with Crippen LogP contribution in [0.2, 0.25) is 5.02 Å². The first kappa shape index (κ1) is 28.1. The molecule has 1 aliphatic heterocycles. The molecule has 4 rings (SSSR count). The van der Waals surface area contributed by atoms with E-state index in [2.05, 4.69) is 0 Å². The summed E-state index contributed by atoms with van der Waals surface area (Å²) in [5.74, 6) is 0.288. The summed E-state index contributed by atoms with van der Waals surface area (Å²) in [6.07, 6.45) is -2.74. The Labute approximate surface area is 231 Å². The van der Waals surface area contributed by atoms with E-state index in [0.717, 1.165) is 5.56 Å². The average Bonchev–Trinajstić information content (AvgIpc) is 3.03. The highest BCUT2D eigenvalue weighted by atomic mass is 35.5. The standard InChI is InChI=1S/C29H30ClNO8/c1-16-11-22-20(13-21(16)30)27(19-7-6-8-23(36-3)28(19)38-5)39-25(14-26(32)33)29(34)31(22)15-17-9-10-18(35-2)12-24(17)37-4/h6-13,25,27H,14-15H2,1-5H3,(H,32,33)/t25-,27-/m1/s1. The molecule has 9 nitrogen and oxygen atoms in total. The summed E-state index contributed by atoms with van der Waals surface area (Å²) < 4.78 is 28.4. The third-order valence-corrected chi connectivity index (χ3v) is 7.03. The van der Waals surface area contributed by atoms with Crippen molar-refractivity contribution in [2.24, 2.45) is 0 Å². The normalized spacial score (nSPS) is 16.8. The second kappa shape index (κ2) is 11.8. The molecule has 2 atom stereocenters. The summed E-state index contributed by atoms with van der Waals surface area (Å²) in [7, 11) is 6.10. The molecule has 1 heterocycles. The zero-order chi connectivity index (χ0) is 28.3. The van der Waals surface area contributed by atoms with E-state index >= 15 is 0 Å². The van der Waals surface area contributed by atoms with Crippen molar-refractivity contribution in [3.8, 4) is 23.0 Å². The first-order chi connectivity index (χ1) is 18.7. The Hall–Kier alpha value is -3.95. The summed E-state index contributed by atoms with van der Waals surface area (Å²) >= 11 is 6.59. The minimum atomic E-state index is -1.31. The van der Waals surface area contributed by atoms with Gasteiger partial charge in [0.05, 0.1) is 47.1 Å². The fourth-order valence-electron chi connectivity index (χ4n) is 4.68. The van der Waals surface area contributed by atoms with Crippen molar-refractivity contribution in [2.45, 2.75) is 32.1 Å². The fraction of sp³-hybridized carbons (Fsp3) is 0.310. The Kier molecular flexibility index (Phi) is 8.52. The molecule has 0 saturated carbocycles. The SMILES string of the molecule is COc1ccc(CN2C(=O)[C@@H](CC(=O)O)O[C@H](c3cccc(OC)c3OC)c3cc(Cl)c(C)cc32)c(OC)c1. The van der Waals surface area contributed by atoms with E-state index < -0.39 is 30.5 Å². The second-order valence-corrected chi connectivity index (χ2v) is 9.35. The predicted octanol–water partition coefficient (Wildman–Crippen LogP) is 5.18. The van der Waals surface area contributed by atoms with Gasteiger partial charge in [0.15, 0.2) is 11.5 Å². The molecule has 206 valence electrons. The van der Waals surface area contributed by atoms with Crippen molar-refractivity contribution in [3.05, 3.63) is 75.8 Å². The molecule has 0 aliphatic carbocycles. The van der Waals surface area contributed by atoms with Crippen LogP contribution in [0, 0.1) is 6.92 Å². The molecule has 0 spiro atoms. The number of rotatable bonds is 9. The molecule has 1 N–H and O–H groups in total. The van der Waals surface area contributed by atoms with Crippen LogP contribution in [0.1, 0.15) is 34.8 Å². The molecular formula is C29H30ClNO8. The van der Waals surface area contributed by atoms with Crippen LogP contribution in [0.3, 0.4) is 0 Å². The topological polar surface area (TPSA) is 104 Å². The number of anilines is 1. The lowest BCUT2D eigenvalue weighted by Crippen LogP contribution is -2.40. The highest BCUT2D eigenvalue weighted by molar-refractivity contribution is 6.31. The molecule has 1 aliphatic rings. The van der Waals surface area contributed by atoms with Crippen molar-refractivity contribution >= 4 is 29.2 Å². The molecule has 3 aromatic carbocycles. The number of amides is 1. The van der Waals surface area contributed by atoms with Crippen LogP contribution < -0.4 is 23.8 Å². The fourth-order valence-corrected chi connectivity index (χ4v) is 4.86. The molecule has 0 fully saturated rings. The maximum absolute atomic E-state index is 14.0. The van der Waals surface area contributed by atoms with Gasteiger partial charge in [-0.2, -0.15) is 0 Å². The van der Waals surface area contributed by atoms with Gasteiger partial charge in [-0.05, 0) is 42.8 Å². The number of benzene rings is 3. The monoisotopic (exact) mass is 555 g/mol. The van der Waals surface area contributed by atoms with Crippen molar-refractivity contribution in [3.63, 3.8) is 0 Å². The van der Waals surface area contributed by atoms with Gasteiger partial charge in [-0.25, -0.2) is 0 Å². The molecule has 0 unspecified atom stereocenters. The number of carboxylic acid groups (broad SMARTS) is 1. The number of carbonyl (C=O) groups is 2. The number of methoxy groups -OCH3 is 4. The highest BCUT2D eigenvalue weighted by Gasteiger charge is 2.39. The van der Waals surface area contributed by atoms with E-state index in [9.17, 15) is 14.7 Å².